The molecule has 44 heavy (non-hydrogen) atoms. The Morgan fingerprint density at radius 1 is 0.318 bits per heavy atom. The fourth-order valence-electron chi connectivity index (χ4n) is 3.52. The molecule has 0 heterocycles. The SMILES string of the molecule is CCCCCCC(=O)OCCOCCOCCOCCOCCOCCOCCOCCOCCOCCOCCCCC. The van der Waals surface area contributed by atoms with Crippen molar-refractivity contribution in [3.8, 4) is 0 Å². The van der Waals surface area contributed by atoms with Gasteiger partial charge in [-0.25, -0.2) is 0 Å². The van der Waals surface area contributed by atoms with Crippen LogP contribution < -0.4 is 0 Å². The molecule has 0 amide bonds. The van der Waals surface area contributed by atoms with Crippen LogP contribution in [0.15, 0.2) is 0 Å². The normalized spacial score (nSPS) is 11.4. The minimum Gasteiger partial charge on any atom is -0.463 e. The maximum atomic E-state index is 11.5. The van der Waals surface area contributed by atoms with E-state index in [2.05, 4.69) is 13.8 Å². The highest BCUT2D eigenvalue weighted by molar-refractivity contribution is 5.69. The molecule has 0 unspecified atom stereocenters. The van der Waals surface area contributed by atoms with Crippen molar-refractivity contribution in [3.05, 3.63) is 0 Å². The second kappa shape index (κ2) is 40.1. The van der Waals surface area contributed by atoms with Gasteiger partial charge in [-0.05, 0) is 12.8 Å². The fraction of sp³-hybridized carbons (Fsp3) is 0.969. The highest BCUT2D eigenvalue weighted by Gasteiger charge is 2.02. The lowest BCUT2D eigenvalue weighted by Gasteiger charge is -2.09. The quantitative estimate of drug-likeness (QED) is 0.0717. The molecule has 0 aliphatic heterocycles. The Balaban J connectivity index is 3.07. The van der Waals surface area contributed by atoms with E-state index in [1.165, 1.54) is 12.8 Å². The summed E-state index contributed by atoms with van der Waals surface area (Å²) in [6, 6.07) is 0. The van der Waals surface area contributed by atoms with Gasteiger partial charge in [0.15, 0.2) is 0 Å². The summed E-state index contributed by atoms with van der Waals surface area (Å²) < 4.78 is 59.7. The van der Waals surface area contributed by atoms with Gasteiger partial charge in [-0.3, -0.25) is 4.79 Å². The monoisotopic (exact) mass is 640 g/mol. The van der Waals surface area contributed by atoms with Gasteiger partial charge in [0.1, 0.15) is 6.61 Å². The van der Waals surface area contributed by atoms with Gasteiger partial charge in [-0.2, -0.15) is 0 Å². The molecule has 0 fully saturated rings. The van der Waals surface area contributed by atoms with Gasteiger partial charge in [-0.15, -0.1) is 0 Å². The van der Waals surface area contributed by atoms with E-state index in [4.69, 9.17) is 52.1 Å². The first-order valence-electron chi connectivity index (χ1n) is 16.7. The first kappa shape index (κ1) is 43.1. The zero-order valence-corrected chi connectivity index (χ0v) is 27.9. The predicted molar refractivity (Wildman–Crippen MR) is 167 cm³/mol. The average Bonchev–Trinajstić information content (AvgIpc) is 3.03. The highest BCUT2D eigenvalue weighted by atomic mass is 16.6. The van der Waals surface area contributed by atoms with Gasteiger partial charge in [0.2, 0.25) is 0 Å². The minimum absolute atomic E-state index is 0.150. The summed E-state index contributed by atoms with van der Waals surface area (Å²) in [7, 11) is 0. The molecule has 12 heteroatoms. The van der Waals surface area contributed by atoms with Crippen LogP contribution in [0.3, 0.4) is 0 Å². The van der Waals surface area contributed by atoms with Crippen LogP contribution in [-0.2, 0) is 56.9 Å². The Bertz CT molecular complexity index is 541. The summed E-state index contributed by atoms with van der Waals surface area (Å²) in [5.74, 6) is -0.150. The van der Waals surface area contributed by atoms with Crippen LogP contribution in [-0.4, -0.2) is 145 Å². The van der Waals surface area contributed by atoms with Gasteiger partial charge in [-0.1, -0.05) is 46.0 Å². The second-order valence-electron chi connectivity index (χ2n) is 9.86. The van der Waals surface area contributed by atoms with Crippen LogP contribution in [0.4, 0.5) is 0 Å². The standard InChI is InChI=1S/C32H64O12/c1-3-5-7-8-10-32(33)44-31-30-43-29-28-42-27-26-41-25-24-40-23-22-39-21-20-38-19-18-37-17-16-36-15-14-35-13-12-34-11-9-6-4-2/h3-31H2,1-2H3. The summed E-state index contributed by atoms with van der Waals surface area (Å²) in [6.45, 7) is 15.2. The molecule has 0 spiro atoms. The zero-order chi connectivity index (χ0) is 31.9. The number of carbonyl (C=O) groups excluding carboxylic acids is 1. The van der Waals surface area contributed by atoms with E-state index in [9.17, 15) is 4.79 Å². The third kappa shape index (κ3) is 39.1. The lowest BCUT2D eigenvalue weighted by molar-refractivity contribution is -0.145. The number of ether oxygens (including phenoxy) is 11. The van der Waals surface area contributed by atoms with Gasteiger partial charge < -0.3 is 52.1 Å². The molecule has 0 N–H and O–H groups in total. The van der Waals surface area contributed by atoms with E-state index in [1.54, 1.807) is 0 Å². The molecule has 0 aromatic rings. The van der Waals surface area contributed by atoms with Crippen LogP contribution in [0.5, 0.6) is 0 Å². The number of esters is 1. The van der Waals surface area contributed by atoms with E-state index < -0.39 is 0 Å². The Hall–Kier alpha value is -0.930. The molecule has 0 aliphatic rings. The third-order valence-electron chi connectivity index (χ3n) is 5.97. The smallest absolute Gasteiger partial charge is 0.305 e. The lowest BCUT2D eigenvalue weighted by Crippen LogP contribution is -2.15. The van der Waals surface area contributed by atoms with E-state index in [0.717, 1.165) is 38.7 Å². The van der Waals surface area contributed by atoms with E-state index >= 15 is 0 Å². The van der Waals surface area contributed by atoms with Crippen molar-refractivity contribution >= 4 is 5.97 Å². The van der Waals surface area contributed by atoms with Crippen molar-refractivity contribution in [3.63, 3.8) is 0 Å². The average molecular weight is 641 g/mol. The number of hydrogen-bond donors (Lipinski definition) is 0. The highest BCUT2D eigenvalue weighted by Crippen LogP contribution is 2.03. The summed E-state index contributed by atoms with van der Waals surface area (Å²) in [5.41, 5.74) is 0. The van der Waals surface area contributed by atoms with Crippen LogP contribution in [0.1, 0.15) is 65.2 Å². The van der Waals surface area contributed by atoms with Crippen molar-refractivity contribution in [1.82, 2.24) is 0 Å². The van der Waals surface area contributed by atoms with Crippen molar-refractivity contribution < 1.29 is 56.9 Å². The summed E-state index contributed by atoms with van der Waals surface area (Å²) in [5, 5.41) is 0. The van der Waals surface area contributed by atoms with Crippen molar-refractivity contribution in [2.75, 3.05) is 139 Å². The Labute approximate surface area is 266 Å². The van der Waals surface area contributed by atoms with Gasteiger partial charge in [0.05, 0.1) is 126 Å². The number of unbranched alkanes of at least 4 members (excludes halogenated alkanes) is 5. The second-order valence-corrected chi connectivity index (χ2v) is 9.86. The maximum absolute atomic E-state index is 11.5. The van der Waals surface area contributed by atoms with Crippen LogP contribution >= 0.6 is 0 Å². The van der Waals surface area contributed by atoms with Gasteiger partial charge >= 0.3 is 5.97 Å². The summed E-state index contributed by atoms with van der Waals surface area (Å²) >= 11 is 0. The lowest BCUT2D eigenvalue weighted by atomic mass is 10.2. The molecule has 0 bridgehead atoms. The topological polar surface area (TPSA) is 119 Å². The molecule has 0 rings (SSSR count). The molecular formula is C32H64O12. The van der Waals surface area contributed by atoms with Crippen molar-refractivity contribution in [2.24, 2.45) is 0 Å². The maximum Gasteiger partial charge on any atom is 0.305 e. The molecule has 0 aromatic heterocycles. The van der Waals surface area contributed by atoms with Crippen molar-refractivity contribution in [2.45, 2.75) is 65.2 Å². The molecule has 264 valence electrons. The van der Waals surface area contributed by atoms with Gasteiger partial charge in [0, 0.05) is 13.0 Å². The van der Waals surface area contributed by atoms with Crippen LogP contribution in [0.25, 0.3) is 0 Å². The molecule has 0 atom stereocenters. The largest absolute Gasteiger partial charge is 0.463 e. The molecule has 0 aromatic carbocycles. The molecule has 0 aliphatic carbocycles. The van der Waals surface area contributed by atoms with Crippen molar-refractivity contribution in [1.29, 1.82) is 0 Å². The van der Waals surface area contributed by atoms with E-state index in [-0.39, 0.29) is 12.6 Å². The number of rotatable bonds is 39. The van der Waals surface area contributed by atoms with Crippen LogP contribution in [0, 0.1) is 0 Å². The Morgan fingerprint density at radius 2 is 0.591 bits per heavy atom. The van der Waals surface area contributed by atoms with Crippen LogP contribution in [0.2, 0.25) is 0 Å². The van der Waals surface area contributed by atoms with Gasteiger partial charge in [0.25, 0.3) is 0 Å². The third-order valence-corrected chi connectivity index (χ3v) is 5.97. The summed E-state index contributed by atoms with van der Waals surface area (Å²) in [4.78, 5) is 11.5. The molecule has 0 radical (unpaired) electrons. The molecule has 0 saturated carbocycles. The first-order valence-corrected chi connectivity index (χ1v) is 16.7. The first-order chi connectivity index (χ1) is 21.8. The Kier molecular flexibility index (Phi) is 39.2. The molecular weight excluding hydrogens is 576 g/mol. The summed E-state index contributed by atoms with van der Waals surface area (Å²) in [6.07, 6.45) is 8.31. The minimum atomic E-state index is -0.150. The fourth-order valence-corrected chi connectivity index (χ4v) is 3.52. The molecule has 12 nitrogen and oxygen atoms in total. The predicted octanol–water partition coefficient (Wildman–Crippen LogP) is 3.86. The zero-order valence-electron chi connectivity index (χ0n) is 27.9. The van der Waals surface area contributed by atoms with E-state index in [1.807, 2.05) is 0 Å². The number of carbonyl (C=O) groups is 1. The Morgan fingerprint density at radius 3 is 0.909 bits per heavy atom. The van der Waals surface area contributed by atoms with E-state index in [0.29, 0.717) is 132 Å². The molecule has 0 saturated heterocycles. The number of hydrogen-bond acceptors (Lipinski definition) is 12.